The molecule has 0 bridgehead atoms. The Morgan fingerprint density at radius 1 is 1.16 bits per heavy atom. The van der Waals surface area contributed by atoms with Crippen molar-refractivity contribution in [1.82, 2.24) is 0 Å². The second-order valence-electron chi connectivity index (χ2n) is 4.98. The summed E-state index contributed by atoms with van der Waals surface area (Å²) in [6, 6.07) is 5.56. The number of carbonyl (C=O) groups is 1. The number of hydrogen-bond acceptors (Lipinski definition) is 4. The minimum Gasteiger partial charge on any atom is -0.542 e. The largest absolute Gasteiger partial charge is 0.542 e. The summed E-state index contributed by atoms with van der Waals surface area (Å²) in [6.45, 7) is 6.33. The van der Waals surface area contributed by atoms with E-state index in [1.807, 2.05) is 18.2 Å². The van der Waals surface area contributed by atoms with Crippen molar-refractivity contribution in [3.63, 3.8) is 0 Å². The topological polar surface area (TPSA) is 44.8 Å². The van der Waals surface area contributed by atoms with E-state index in [9.17, 15) is 4.79 Å². The molecule has 0 amide bonds. The Morgan fingerprint density at radius 3 is 2.37 bits per heavy atom. The Morgan fingerprint density at radius 2 is 1.84 bits per heavy atom. The third kappa shape index (κ3) is 5.17. The molecular formula is C14H20O4Si. The molecule has 1 aromatic rings. The van der Waals surface area contributed by atoms with Gasteiger partial charge in [-0.1, -0.05) is 6.07 Å². The maximum atomic E-state index is 11.0. The monoisotopic (exact) mass is 280 g/mol. The average molecular weight is 280 g/mol. The van der Waals surface area contributed by atoms with Crippen molar-refractivity contribution in [1.29, 1.82) is 0 Å². The minimum atomic E-state index is -1.68. The molecule has 0 spiro atoms. The van der Waals surface area contributed by atoms with Crippen LogP contribution in [0.25, 0.3) is 6.08 Å². The highest BCUT2D eigenvalue weighted by Gasteiger charge is 2.18. The van der Waals surface area contributed by atoms with Crippen LogP contribution in [0.15, 0.2) is 24.3 Å². The Hall–Kier alpha value is -1.75. The molecule has 1 aromatic carbocycles. The molecule has 1 rings (SSSR count). The first kappa shape index (κ1) is 15.3. The van der Waals surface area contributed by atoms with Gasteiger partial charge in [0.15, 0.2) is 5.75 Å². The van der Waals surface area contributed by atoms with Gasteiger partial charge in [0.05, 0.1) is 14.2 Å². The summed E-state index contributed by atoms with van der Waals surface area (Å²) in [5.41, 5.74) is 0.852. The van der Waals surface area contributed by atoms with Crippen molar-refractivity contribution in [3.8, 4) is 11.5 Å². The zero-order valence-electron chi connectivity index (χ0n) is 12.0. The van der Waals surface area contributed by atoms with E-state index in [4.69, 9.17) is 9.16 Å². The lowest BCUT2D eigenvalue weighted by Crippen LogP contribution is -2.29. The zero-order valence-corrected chi connectivity index (χ0v) is 13.0. The van der Waals surface area contributed by atoms with Crippen LogP contribution < -0.4 is 9.16 Å². The van der Waals surface area contributed by atoms with Crippen LogP contribution in [-0.4, -0.2) is 28.5 Å². The number of rotatable bonds is 5. The SMILES string of the molecule is COC(=O)/C=C/c1ccc(O[Si](C)(C)C)c(OC)c1. The molecule has 0 fully saturated rings. The van der Waals surface area contributed by atoms with Crippen LogP contribution in [0, 0.1) is 0 Å². The molecular weight excluding hydrogens is 260 g/mol. The fourth-order valence-corrected chi connectivity index (χ4v) is 2.26. The van der Waals surface area contributed by atoms with Crippen LogP contribution in [0.4, 0.5) is 0 Å². The number of methoxy groups -OCH3 is 2. The van der Waals surface area contributed by atoms with Crippen LogP contribution in [0.2, 0.25) is 19.6 Å². The molecule has 0 aliphatic carbocycles. The molecule has 0 unspecified atom stereocenters. The zero-order chi connectivity index (χ0) is 14.5. The van der Waals surface area contributed by atoms with E-state index in [-0.39, 0.29) is 5.97 Å². The van der Waals surface area contributed by atoms with Gasteiger partial charge >= 0.3 is 5.97 Å². The molecule has 104 valence electrons. The highest BCUT2D eigenvalue weighted by molar-refractivity contribution is 6.70. The Balaban J connectivity index is 2.96. The average Bonchev–Trinajstić information content (AvgIpc) is 2.35. The summed E-state index contributed by atoms with van der Waals surface area (Å²) in [5.74, 6) is 1.01. The highest BCUT2D eigenvalue weighted by atomic mass is 28.4. The molecule has 0 N–H and O–H groups in total. The number of ether oxygens (including phenoxy) is 2. The van der Waals surface area contributed by atoms with Gasteiger partial charge in [0.1, 0.15) is 5.75 Å². The summed E-state index contributed by atoms with van der Waals surface area (Å²) in [5, 5.41) is 0. The number of hydrogen-bond donors (Lipinski definition) is 0. The second kappa shape index (κ2) is 6.42. The van der Waals surface area contributed by atoms with Gasteiger partial charge in [0, 0.05) is 6.08 Å². The van der Waals surface area contributed by atoms with Crippen LogP contribution in [-0.2, 0) is 9.53 Å². The molecule has 4 nitrogen and oxygen atoms in total. The van der Waals surface area contributed by atoms with Gasteiger partial charge in [-0.15, -0.1) is 0 Å². The molecule has 5 heteroatoms. The molecule has 0 aromatic heterocycles. The van der Waals surface area contributed by atoms with Crippen molar-refractivity contribution >= 4 is 20.4 Å². The van der Waals surface area contributed by atoms with Gasteiger partial charge in [0.2, 0.25) is 8.32 Å². The predicted octanol–water partition coefficient (Wildman–Crippen LogP) is 3.10. The van der Waals surface area contributed by atoms with Gasteiger partial charge in [-0.2, -0.15) is 0 Å². The third-order valence-corrected chi connectivity index (χ3v) is 3.05. The lowest BCUT2D eigenvalue weighted by molar-refractivity contribution is -0.134. The van der Waals surface area contributed by atoms with E-state index >= 15 is 0 Å². The quantitative estimate of drug-likeness (QED) is 0.472. The van der Waals surface area contributed by atoms with Crippen molar-refractivity contribution in [2.24, 2.45) is 0 Å². The van der Waals surface area contributed by atoms with Crippen LogP contribution in [0.1, 0.15) is 5.56 Å². The van der Waals surface area contributed by atoms with E-state index in [1.54, 1.807) is 13.2 Å². The number of esters is 1. The smallest absolute Gasteiger partial charge is 0.330 e. The first-order valence-corrected chi connectivity index (χ1v) is 9.39. The predicted molar refractivity (Wildman–Crippen MR) is 78.0 cm³/mol. The summed E-state index contributed by atoms with van der Waals surface area (Å²) in [4.78, 5) is 11.0. The van der Waals surface area contributed by atoms with E-state index in [0.29, 0.717) is 5.75 Å². The summed E-state index contributed by atoms with van der Waals surface area (Å²) in [7, 11) is 1.27. The van der Waals surface area contributed by atoms with Crippen molar-refractivity contribution in [2.75, 3.05) is 14.2 Å². The Labute approximate surface area is 115 Å². The number of benzene rings is 1. The van der Waals surface area contributed by atoms with E-state index in [1.165, 1.54) is 13.2 Å². The van der Waals surface area contributed by atoms with Gasteiger partial charge in [-0.05, 0) is 43.4 Å². The van der Waals surface area contributed by atoms with Crippen molar-refractivity contribution < 1.29 is 18.7 Å². The van der Waals surface area contributed by atoms with Gasteiger partial charge < -0.3 is 13.9 Å². The fourth-order valence-electron chi connectivity index (χ4n) is 1.43. The Kier molecular flexibility index (Phi) is 5.17. The molecule has 0 saturated carbocycles. The summed E-state index contributed by atoms with van der Waals surface area (Å²) >= 11 is 0. The highest BCUT2D eigenvalue weighted by Crippen LogP contribution is 2.30. The van der Waals surface area contributed by atoms with Gasteiger partial charge in [-0.3, -0.25) is 0 Å². The molecule has 0 atom stereocenters. The van der Waals surface area contributed by atoms with E-state index in [2.05, 4.69) is 24.4 Å². The summed E-state index contributed by atoms with van der Waals surface area (Å²) < 4.78 is 15.8. The van der Waals surface area contributed by atoms with Crippen LogP contribution in [0.3, 0.4) is 0 Å². The van der Waals surface area contributed by atoms with E-state index in [0.717, 1.165) is 11.3 Å². The molecule has 0 aliphatic rings. The van der Waals surface area contributed by atoms with Gasteiger partial charge in [0.25, 0.3) is 0 Å². The second-order valence-corrected chi connectivity index (χ2v) is 9.41. The van der Waals surface area contributed by atoms with Crippen LogP contribution >= 0.6 is 0 Å². The minimum absolute atomic E-state index is 0.388. The Bertz CT molecular complexity index is 475. The lowest BCUT2D eigenvalue weighted by atomic mass is 10.2. The molecule has 0 saturated heterocycles. The lowest BCUT2D eigenvalue weighted by Gasteiger charge is -2.21. The fraction of sp³-hybridized carbons (Fsp3) is 0.357. The van der Waals surface area contributed by atoms with E-state index < -0.39 is 8.32 Å². The maximum Gasteiger partial charge on any atom is 0.330 e. The first-order chi connectivity index (χ1) is 8.85. The number of carbonyl (C=O) groups excluding carboxylic acids is 1. The normalized spacial score (nSPS) is 11.4. The van der Waals surface area contributed by atoms with Crippen LogP contribution in [0.5, 0.6) is 11.5 Å². The maximum absolute atomic E-state index is 11.0. The molecule has 0 heterocycles. The summed E-state index contributed by atoms with van der Waals surface area (Å²) in [6.07, 6.45) is 3.04. The van der Waals surface area contributed by atoms with Gasteiger partial charge in [-0.25, -0.2) is 4.79 Å². The van der Waals surface area contributed by atoms with Crippen molar-refractivity contribution in [2.45, 2.75) is 19.6 Å². The third-order valence-electron chi connectivity index (χ3n) is 2.22. The van der Waals surface area contributed by atoms with Crippen molar-refractivity contribution in [3.05, 3.63) is 29.8 Å². The standard InChI is InChI=1S/C14H20O4Si/c1-16-13-10-11(7-9-14(15)17-2)6-8-12(13)18-19(3,4)5/h6-10H,1-5H3/b9-7+. The first-order valence-electron chi connectivity index (χ1n) is 5.99. The molecule has 0 radical (unpaired) electrons. The molecule has 0 aliphatic heterocycles. The molecule has 19 heavy (non-hydrogen) atoms.